The van der Waals surface area contributed by atoms with Crippen LogP contribution < -0.4 is 25.4 Å². The zero-order valence-corrected chi connectivity index (χ0v) is 30.2. The minimum absolute atomic E-state index is 0.137. The molecule has 3 amide bonds. The number of carbonyl (C=O) groups excluding carboxylic acids is 3. The van der Waals surface area contributed by atoms with Gasteiger partial charge >= 0.3 is 0 Å². The number of thiazole rings is 1. The van der Waals surface area contributed by atoms with Crippen LogP contribution in [0.4, 0.5) is 15.2 Å². The first-order valence-electron chi connectivity index (χ1n) is 16.3. The van der Waals surface area contributed by atoms with Crippen LogP contribution in [0.2, 0.25) is 0 Å². The zero-order valence-electron chi connectivity index (χ0n) is 28.5. The summed E-state index contributed by atoms with van der Waals surface area (Å²) in [6.45, 7) is 0. The Labute approximate surface area is 313 Å². The molecular formula is C41H33FN4O5S2. The lowest BCUT2D eigenvalue weighted by molar-refractivity contribution is -0.116. The van der Waals surface area contributed by atoms with Crippen LogP contribution in [0.3, 0.4) is 0 Å². The second kappa shape index (κ2) is 17.3. The average molecular weight is 745 g/mol. The first-order chi connectivity index (χ1) is 25.8. The number of thioether (sulfide) groups is 1. The van der Waals surface area contributed by atoms with Gasteiger partial charge < -0.3 is 25.4 Å². The van der Waals surface area contributed by atoms with Crippen LogP contribution in [0.15, 0.2) is 143 Å². The van der Waals surface area contributed by atoms with Gasteiger partial charge in [0.25, 0.3) is 11.8 Å². The van der Waals surface area contributed by atoms with Gasteiger partial charge in [-0.1, -0.05) is 66.7 Å². The maximum absolute atomic E-state index is 14.5. The summed E-state index contributed by atoms with van der Waals surface area (Å²) in [5.74, 6) is -0.788. The van der Waals surface area contributed by atoms with E-state index in [0.29, 0.717) is 33.6 Å². The number of halogens is 1. The number of nitrogens with zero attached hydrogens (tertiary/aromatic N) is 1. The van der Waals surface area contributed by atoms with E-state index in [1.54, 1.807) is 80.9 Å². The third-order valence-electron chi connectivity index (χ3n) is 7.85. The van der Waals surface area contributed by atoms with Crippen molar-refractivity contribution in [3.63, 3.8) is 0 Å². The van der Waals surface area contributed by atoms with Crippen LogP contribution >= 0.6 is 23.1 Å². The summed E-state index contributed by atoms with van der Waals surface area (Å²) in [4.78, 5) is 45.6. The van der Waals surface area contributed by atoms with Crippen molar-refractivity contribution < 1.29 is 28.2 Å². The molecule has 0 fully saturated rings. The second-order valence-electron chi connectivity index (χ2n) is 11.4. The predicted molar refractivity (Wildman–Crippen MR) is 208 cm³/mol. The van der Waals surface area contributed by atoms with Gasteiger partial charge in [-0.3, -0.25) is 14.4 Å². The van der Waals surface area contributed by atoms with Crippen molar-refractivity contribution in [1.82, 2.24) is 10.3 Å². The molecule has 53 heavy (non-hydrogen) atoms. The molecule has 0 bridgehead atoms. The number of ether oxygens (including phenoxy) is 2. The minimum atomic E-state index is -0.643. The lowest BCUT2D eigenvalue weighted by atomic mass is 10.1. The quantitative estimate of drug-likeness (QED) is 0.0799. The summed E-state index contributed by atoms with van der Waals surface area (Å²) in [7, 11) is 3.14. The molecule has 1 unspecified atom stereocenters. The van der Waals surface area contributed by atoms with Crippen LogP contribution in [0.5, 0.6) is 11.5 Å². The number of carbonyl (C=O) groups is 3. The van der Waals surface area contributed by atoms with Crippen molar-refractivity contribution >= 4 is 57.7 Å². The highest BCUT2D eigenvalue weighted by molar-refractivity contribution is 8.00. The number of nitrogens with one attached hydrogen (secondary N) is 3. The fourth-order valence-corrected chi connectivity index (χ4v) is 6.92. The van der Waals surface area contributed by atoms with E-state index in [2.05, 4.69) is 20.9 Å². The molecule has 9 nitrogen and oxygen atoms in total. The molecule has 6 aromatic rings. The molecular weight excluding hydrogens is 712 g/mol. The molecule has 0 saturated carbocycles. The van der Waals surface area contributed by atoms with Gasteiger partial charge in [0.1, 0.15) is 16.8 Å². The molecule has 0 saturated heterocycles. The van der Waals surface area contributed by atoms with Gasteiger partial charge in [-0.05, 0) is 72.3 Å². The zero-order chi connectivity index (χ0) is 37.2. The van der Waals surface area contributed by atoms with Gasteiger partial charge in [0.15, 0.2) is 16.6 Å². The lowest BCUT2D eigenvalue weighted by Gasteiger charge is -2.17. The van der Waals surface area contributed by atoms with E-state index in [9.17, 15) is 18.8 Å². The minimum Gasteiger partial charge on any atom is -0.493 e. The number of anilines is 2. The number of hydrogen-bond donors (Lipinski definition) is 3. The van der Waals surface area contributed by atoms with Crippen LogP contribution in [-0.4, -0.2) is 36.9 Å². The van der Waals surface area contributed by atoms with E-state index in [0.717, 1.165) is 16.0 Å². The van der Waals surface area contributed by atoms with Gasteiger partial charge in [-0.15, -0.1) is 23.1 Å². The second-order valence-corrected chi connectivity index (χ2v) is 13.4. The van der Waals surface area contributed by atoms with E-state index >= 15 is 0 Å². The Morgan fingerprint density at radius 2 is 1.47 bits per heavy atom. The number of rotatable bonds is 13. The lowest BCUT2D eigenvalue weighted by Crippen LogP contribution is -2.30. The summed E-state index contributed by atoms with van der Waals surface area (Å²) in [5.41, 5.74) is 3.05. The number of hydrogen-bond acceptors (Lipinski definition) is 8. The van der Waals surface area contributed by atoms with Crippen LogP contribution in [-0.2, 0) is 9.59 Å². The van der Waals surface area contributed by atoms with Crippen molar-refractivity contribution in [2.45, 2.75) is 10.1 Å². The summed E-state index contributed by atoms with van der Waals surface area (Å²) in [5, 5.41) is 10.0. The summed E-state index contributed by atoms with van der Waals surface area (Å²) >= 11 is 2.65. The van der Waals surface area contributed by atoms with E-state index in [-0.39, 0.29) is 17.2 Å². The summed E-state index contributed by atoms with van der Waals surface area (Å²) in [6.07, 6.45) is 1.29. The van der Waals surface area contributed by atoms with Gasteiger partial charge in [-0.2, -0.15) is 0 Å². The fraction of sp³-hybridized carbons (Fsp3) is 0.0732. The van der Waals surface area contributed by atoms with Gasteiger partial charge in [0, 0.05) is 32.7 Å². The highest BCUT2D eigenvalue weighted by Crippen LogP contribution is 2.38. The van der Waals surface area contributed by atoms with Crippen molar-refractivity contribution in [2.24, 2.45) is 0 Å². The van der Waals surface area contributed by atoms with E-state index in [1.807, 2.05) is 47.8 Å². The predicted octanol–water partition coefficient (Wildman–Crippen LogP) is 8.85. The topological polar surface area (TPSA) is 119 Å². The molecule has 12 heteroatoms. The Morgan fingerprint density at radius 3 is 2.17 bits per heavy atom. The smallest absolute Gasteiger partial charge is 0.272 e. The summed E-state index contributed by atoms with van der Waals surface area (Å²) in [6, 6.07) is 36.2. The van der Waals surface area contributed by atoms with E-state index in [1.165, 1.54) is 47.4 Å². The van der Waals surface area contributed by atoms with Gasteiger partial charge in [0.2, 0.25) is 5.91 Å². The number of amides is 3. The molecule has 3 N–H and O–H groups in total. The molecule has 0 aliphatic rings. The molecule has 0 aliphatic heterocycles. The monoisotopic (exact) mass is 744 g/mol. The number of aromatic nitrogens is 1. The number of methoxy groups -OCH3 is 2. The van der Waals surface area contributed by atoms with Crippen molar-refractivity contribution in [3.05, 3.63) is 161 Å². The highest BCUT2D eigenvalue weighted by Gasteiger charge is 2.24. The van der Waals surface area contributed by atoms with E-state index in [4.69, 9.17) is 9.47 Å². The Morgan fingerprint density at radius 1 is 0.792 bits per heavy atom. The van der Waals surface area contributed by atoms with Crippen molar-refractivity contribution in [3.8, 4) is 22.8 Å². The van der Waals surface area contributed by atoms with Crippen molar-refractivity contribution in [1.29, 1.82) is 0 Å². The average Bonchev–Trinajstić information content (AvgIpc) is 3.66. The molecule has 0 aliphatic carbocycles. The Balaban J connectivity index is 1.17. The molecule has 5 aromatic carbocycles. The third kappa shape index (κ3) is 9.36. The molecule has 1 aromatic heterocycles. The largest absolute Gasteiger partial charge is 0.493 e. The Bertz CT molecular complexity index is 2250. The SMILES string of the molecule is COc1ccc(-c2csc(NC(=O)C(Sc3ccc(NC(=O)/C(=C/c4ccccc4F)NC(=O)c4ccccc4)cc3)c3ccccc3)n2)cc1OC. The summed E-state index contributed by atoms with van der Waals surface area (Å²) < 4.78 is 25.3. The molecule has 266 valence electrons. The van der Waals surface area contributed by atoms with Crippen LogP contribution in [0.25, 0.3) is 17.3 Å². The van der Waals surface area contributed by atoms with Crippen molar-refractivity contribution in [2.75, 3.05) is 24.9 Å². The van der Waals surface area contributed by atoms with E-state index < -0.39 is 22.9 Å². The van der Waals surface area contributed by atoms with Crippen LogP contribution in [0, 0.1) is 5.82 Å². The first-order valence-corrected chi connectivity index (χ1v) is 18.0. The Kier molecular flexibility index (Phi) is 11.9. The molecule has 0 radical (unpaired) electrons. The van der Waals surface area contributed by atoms with Gasteiger partial charge in [0.05, 0.1) is 19.9 Å². The van der Waals surface area contributed by atoms with Crippen LogP contribution in [0.1, 0.15) is 26.7 Å². The first kappa shape index (κ1) is 36.5. The Hall–Kier alpha value is -6.24. The molecule has 1 heterocycles. The normalized spacial score (nSPS) is 11.6. The third-order valence-corrected chi connectivity index (χ3v) is 9.88. The molecule has 6 rings (SSSR count). The molecule has 0 spiro atoms. The maximum atomic E-state index is 14.5. The standard InChI is InChI=1S/C41H33FN4O5S2/c1-50-35-22-17-29(24-36(35)51-2)34-25-52-41(45-34)46-40(49)37(26-11-5-3-6-12-26)53-31-20-18-30(19-21-31)43-39(48)33(23-28-15-9-10-16-32(28)42)44-38(47)27-13-7-4-8-14-27/h3-25,37H,1-2H3,(H,43,48)(H,44,47)(H,45,46,49)/b33-23-. The molecule has 1 atom stereocenters. The highest BCUT2D eigenvalue weighted by atomic mass is 32.2. The number of benzene rings is 5. The van der Waals surface area contributed by atoms with Gasteiger partial charge in [-0.25, -0.2) is 9.37 Å². The fourth-order valence-electron chi connectivity index (χ4n) is 5.17. The maximum Gasteiger partial charge on any atom is 0.272 e.